The first-order chi connectivity index (χ1) is 14.1. The number of aromatic nitrogens is 4. The van der Waals surface area contributed by atoms with Crippen LogP contribution in [0.25, 0.3) is 5.95 Å². The van der Waals surface area contributed by atoms with E-state index in [1.54, 1.807) is 13.0 Å². The maximum absolute atomic E-state index is 12.6. The summed E-state index contributed by atoms with van der Waals surface area (Å²) in [5.74, 6) is -0.521. The normalized spacial score (nSPS) is 20.6. The van der Waals surface area contributed by atoms with E-state index in [1.165, 1.54) is 10.7 Å². The Morgan fingerprint density at radius 3 is 2.67 bits per heavy atom. The molecule has 1 aliphatic carbocycles. The second kappa shape index (κ2) is 8.41. The third-order valence-electron chi connectivity index (χ3n) is 5.35. The molecule has 1 aliphatic rings. The standard InChI is InChI=1S/C21H30N6O3/c1-6-14-9-17(28)25-20(23-14)27-16(8-13(3)26-27)24-19(30)18(29)22-15-7-12(2)10-21(4,5)11-15/h8-9,12,15H,6-7,10-11H2,1-5H3,(H,22,29)(H,24,30)(H,23,25,28)/t12-,15+/m0/s1. The van der Waals surface area contributed by atoms with Gasteiger partial charge in [0.2, 0.25) is 5.95 Å². The Morgan fingerprint density at radius 2 is 2.00 bits per heavy atom. The molecule has 3 N–H and O–H groups in total. The first-order valence-corrected chi connectivity index (χ1v) is 10.4. The molecule has 3 rings (SSSR count). The summed E-state index contributed by atoms with van der Waals surface area (Å²) in [5.41, 5.74) is 1.03. The van der Waals surface area contributed by atoms with Crippen LogP contribution in [0.1, 0.15) is 58.3 Å². The Kier molecular flexibility index (Phi) is 6.09. The van der Waals surface area contributed by atoms with Gasteiger partial charge >= 0.3 is 11.8 Å². The van der Waals surface area contributed by atoms with E-state index in [4.69, 9.17) is 0 Å². The maximum Gasteiger partial charge on any atom is 0.314 e. The number of H-pyrrole nitrogens is 1. The van der Waals surface area contributed by atoms with Gasteiger partial charge in [0.05, 0.1) is 5.69 Å². The van der Waals surface area contributed by atoms with Gasteiger partial charge in [-0.15, -0.1) is 0 Å². The Bertz CT molecular complexity index is 1010. The average Bonchev–Trinajstić information content (AvgIpc) is 2.99. The zero-order valence-electron chi connectivity index (χ0n) is 18.2. The molecule has 162 valence electrons. The van der Waals surface area contributed by atoms with E-state index in [9.17, 15) is 14.4 Å². The highest BCUT2D eigenvalue weighted by atomic mass is 16.2. The minimum atomic E-state index is -0.777. The molecule has 0 aliphatic heterocycles. The van der Waals surface area contributed by atoms with E-state index in [0.717, 1.165) is 19.3 Å². The summed E-state index contributed by atoms with van der Waals surface area (Å²) >= 11 is 0. The van der Waals surface area contributed by atoms with Gasteiger partial charge in [-0.1, -0.05) is 27.7 Å². The third kappa shape index (κ3) is 5.14. The number of rotatable bonds is 4. The molecule has 0 bridgehead atoms. The summed E-state index contributed by atoms with van der Waals surface area (Å²) in [6, 6.07) is 3.00. The third-order valence-corrected chi connectivity index (χ3v) is 5.35. The first-order valence-electron chi connectivity index (χ1n) is 10.4. The van der Waals surface area contributed by atoms with Crippen LogP contribution in [-0.4, -0.2) is 37.6 Å². The summed E-state index contributed by atoms with van der Waals surface area (Å²) < 4.78 is 1.33. The Hall–Kier alpha value is -2.97. The van der Waals surface area contributed by atoms with Gasteiger partial charge in [0, 0.05) is 23.9 Å². The van der Waals surface area contributed by atoms with Crippen LogP contribution in [0, 0.1) is 18.3 Å². The number of carbonyl (C=O) groups is 2. The smallest absolute Gasteiger partial charge is 0.314 e. The molecule has 2 heterocycles. The van der Waals surface area contributed by atoms with Crippen LogP contribution < -0.4 is 16.2 Å². The van der Waals surface area contributed by atoms with Crippen molar-refractivity contribution in [1.29, 1.82) is 0 Å². The van der Waals surface area contributed by atoms with Crippen molar-refractivity contribution >= 4 is 17.6 Å². The van der Waals surface area contributed by atoms with Gasteiger partial charge in [-0.05, 0) is 43.9 Å². The van der Waals surface area contributed by atoms with E-state index in [0.29, 0.717) is 23.7 Å². The molecule has 9 heteroatoms. The quantitative estimate of drug-likeness (QED) is 0.662. The SMILES string of the molecule is CCc1cc(=O)[nH]c(-n2nc(C)cc2NC(=O)C(=O)N[C@@H]2C[C@H](C)CC(C)(C)C2)n1. The number of hydrogen-bond donors (Lipinski definition) is 3. The van der Waals surface area contributed by atoms with Crippen molar-refractivity contribution in [3.05, 3.63) is 33.9 Å². The topological polar surface area (TPSA) is 122 Å². The van der Waals surface area contributed by atoms with Gasteiger partial charge in [0.25, 0.3) is 5.56 Å². The van der Waals surface area contributed by atoms with Gasteiger partial charge in [-0.25, -0.2) is 4.98 Å². The monoisotopic (exact) mass is 414 g/mol. The van der Waals surface area contributed by atoms with Gasteiger partial charge in [-0.3, -0.25) is 19.4 Å². The van der Waals surface area contributed by atoms with Crippen LogP contribution in [0.4, 0.5) is 5.82 Å². The fourth-order valence-electron chi connectivity index (χ4n) is 4.41. The second-order valence-corrected chi connectivity index (χ2v) is 9.03. The van der Waals surface area contributed by atoms with Gasteiger partial charge < -0.3 is 10.6 Å². The highest BCUT2D eigenvalue weighted by Gasteiger charge is 2.33. The molecule has 1 fully saturated rings. The number of hydrogen-bond acceptors (Lipinski definition) is 5. The van der Waals surface area contributed by atoms with Crippen LogP contribution in [0.3, 0.4) is 0 Å². The lowest BCUT2D eigenvalue weighted by Crippen LogP contribution is -2.46. The summed E-state index contributed by atoms with van der Waals surface area (Å²) in [7, 11) is 0. The summed E-state index contributed by atoms with van der Waals surface area (Å²) in [6.45, 7) is 10.2. The molecule has 1 saturated carbocycles. The number of aryl methyl sites for hydroxylation is 2. The van der Waals surface area contributed by atoms with Crippen molar-refractivity contribution < 1.29 is 9.59 Å². The molecule has 0 aromatic carbocycles. The van der Waals surface area contributed by atoms with E-state index >= 15 is 0 Å². The minimum absolute atomic E-state index is 0.0343. The molecular formula is C21H30N6O3. The van der Waals surface area contributed by atoms with Crippen LogP contribution in [0.2, 0.25) is 0 Å². The van der Waals surface area contributed by atoms with E-state index in [2.05, 4.69) is 46.5 Å². The lowest BCUT2D eigenvalue weighted by atomic mass is 9.70. The molecule has 0 spiro atoms. The summed E-state index contributed by atoms with van der Waals surface area (Å²) in [4.78, 5) is 44.0. The molecule has 30 heavy (non-hydrogen) atoms. The molecule has 2 aromatic heterocycles. The van der Waals surface area contributed by atoms with Gasteiger partial charge in [0.15, 0.2) is 0 Å². The zero-order chi connectivity index (χ0) is 22.1. The first kappa shape index (κ1) is 21.7. The molecule has 2 amide bonds. The molecule has 0 saturated heterocycles. The van der Waals surface area contributed by atoms with Crippen molar-refractivity contribution in [3.63, 3.8) is 0 Å². The fourth-order valence-corrected chi connectivity index (χ4v) is 4.41. The van der Waals surface area contributed by atoms with Crippen molar-refractivity contribution in [3.8, 4) is 5.95 Å². The number of amides is 2. The van der Waals surface area contributed by atoms with Crippen molar-refractivity contribution in [2.75, 3.05) is 5.32 Å². The molecular weight excluding hydrogens is 384 g/mol. The number of nitrogens with zero attached hydrogens (tertiary/aromatic N) is 3. The molecule has 9 nitrogen and oxygen atoms in total. The average molecular weight is 415 g/mol. The summed E-state index contributed by atoms with van der Waals surface area (Å²) in [5, 5.41) is 9.75. The molecule has 0 radical (unpaired) electrons. The van der Waals surface area contributed by atoms with Gasteiger partial charge in [0.1, 0.15) is 5.82 Å². The second-order valence-electron chi connectivity index (χ2n) is 9.03. The van der Waals surface area contributed by atoms with Crippen LogP contribution >= 0.6 is 0 Å². The molecule has 2 atom stereocenters. The predicted octanol–water partition coefficient (Wildman–Crippen LogP) is 2.10. The highest BCUT2D eigenvalue weighted by Crippen LogP contribution is 2.38. The van der Waals surface area contributed by atoms with E-state index < -0.39 is 11.8 Å². The molecule has 0 unspecified atom stereocenters. The van der Waals surface area contributed by atoms with E-state index in [1.807, 2.05) is 6.92 Å². The fraction of sp³-hybridized carbons (Fsp3) is 0.571. The lowest BCUT2D eigenvalue weighted by Gasteiger charge is -2.39. The Balaban J connectivity index is 1.75. The Labute approximate surface area is 175 Å². The van der Waals surface area contributed by atoms with E-state index in [-0.39, 0.29) is 28.8 Å². The summed E-state index contributed by atoms with van der Waals surface area (Å²) in [6.07, 6.45) is 3.38. The Morgan fingerprint density at radius 1 is 1.27 bits per heavy atom. The largest absolute Gasteiger partial charge is 0.345 e. The zero-order valence-corrected chi connectivity index (χ0v) is 18.2. The highest BCUT2D eigenvalue weighted by molar-refractivity contribution is 6.39. The van der Waals surface area contributed by atoms with Gasteiger partial charge in [-0.2, -0.15) is 9.78 Å². The lowest BCUT2D eigenvalue weighted by molar-refractivity contribution is -0.137. The van der Waals surface area contributed by atoms with Crippen LogP contribution in [0.5, 0.6) is 0 Å². The van der Waals surface area contributed by atoms with Crippen molar-refractivity contribution in [2.24, 2.45) is 11.3 Å². The van der Waals surface area contributed by atoms with Crippen LogP contribution in [0.15, 0.2) is 16.9 Å². The number of aromatic amines is 1. The number of nitrogens with one attached hydrogen (secondary N) is 3. The minimum Gasteiger partial charge on any atom is -0.345 e. The number of carbonyl (C=O) groups excluding carboxylic acids is 2. The molecule has 2 aromatic rings. The predicted molar refractivity (Wildman–Crippen MR) is 113 cm³/mol. The van der Waals surface area contributed by atoms with Crippen LogP contribution in [-0.2, 0) is 16.0 Å². The van der Waals surface area contributed by atoms with Crippen molar-refractivity contribution in [1.82, 2.24) is 25.1 Å². The van der Waals surface area contributed by atoms with Crippen molar-refractivity contribution in [2.45, 2.75) is 66.3 Å². The number of anilines is 1. The maximum atomic E-state index is 12.6.